The molecule has 2 heterocycles. The fourth-order valence-corrected chi connectivity index (χ4v) is 5.47. The Labute approximate surface area is 194 Å². The highest BCUT2D eigenvalue weighted by Gasteiger charge is 2.35. The highest BCUT2D eigenvalue weighted by molar-refractivity contribution is 8.01. The Bertz CT molecular complexity index is 992. The van der Waals surface area contributed by atoms with Gasteiger partial charge in [-0.1, -0.05) is 42.0 Å². The molecule has 2 N–H and O–H groups in total. The van der Waals surface area contributed by atoms with Crippen LogP contribution in [0, 0.1) is 5.92 Å². The molecule has 2 aromatic rings. The number of aromatic nitrogens is 2. The van der Waals surface area contributed by atoms with Crippen molar-refractivity contribution in [2.24, 2.45) is 5.92 Å². The maximum atomic E-state index is 12.7. The Morgan fingerprint density at radius 2 is 2.09 bits per heavy atom. The van der Waals surface area contributed by atoms with Crippen molar-refractivity contribution >= 4 is 51.6 Å². The van der Waals surface area contributed by atoms with Crippen LogP contribution >= 0.6 is 23.1 Å². The molecule has 1 aromatic carbocycles. The Balaban J connectivity index is 1.27. The predicted molar refractivity (Wildman–Crippen MR) is 123 cm³/mol. The number of carbonyl (C=O) groups excluding carboxylic acids is 3. The summed E-state index contributed by atoms with van der Waals surface area (Å²) < 4.78 is 5.83. The monoisotopic (exact) mass is 475 g/mol. The Morgan fingerprint density at radius 1 is 1.28 bits per heavy atom. The van der Waals surface area contributed by atoms with E-state index in [4.69, 9.17) is 4.74 Å². The van der Waals surface area contributed by atoms with Crippen molar-refractivity contribution in [3.8, 4) is 5.75 Å². The van der Waals surface area contributed by atoms with Crippen LogP contribution < -0.4 is 20.3 Å². The summed E-state index contributed by atoms with van der Waals surface area (Å²) in [6.45, 7) is 0.291. The van der Waals surface area contributed by atoms with E-state index < -0.39 is 5.92 Å². The van der Waals surface area contributed by atoms with Crippen molar-refractivity contribution in [2.75, 3.05) is 29.6 Å². The molecule has 3 amide bonds. The first kappa shape index (κ1) is 22.5. The highest BCUT2D eigenvalue weighted by atomic mass is 32.2. The molecule has 1 aromatic heterocycles. The lowest BCUT2D eigenvalue weighted by molar-refractivity contribution is -0.122. The number of hydrogen-bond acceptors (Lipinski definition) is 8. The number of nitrogens with one attached hydrogen (secondary N) is 2. The van der Waals surface area contributed by atoms with Crippen LogP contribution in [-0.4, -0.2) is 53.4 Å². The minimum atomic E-state index is -0.481. The number of thioether (sulfide) groups is 1. The molecule has 170 valence electrons. The third kappa shape index (κ3) is 5.57. The van der Waals surface area contributed by atoms with Crippen molar-refractivity contribution in [3.05, 3.63) is 24.3 Å². The maximum Gasteiger partial charge on any atom is 0.231 e. The van der Waals surface area contributed by atoms with Crippen LogP contribution in [0.4, 0.5) is 10.8 Å². The van der Waals surface area contributed by atoms with Crippen LogP contribution in [0.1, 0.15) is 32.1 Å². The van der Waals surface area contributed by atoms with Crippen LogP contribution in [0.2, 0.25) is 0 Å². The minimum absolute atomic E-state index is 0.00946. The van der Waals surface area contributed by atoms with E-state index in [0.29, 0.717) is 27.5 Å². The van der Waals surface area contributed by atoms with Gasteiger partial charge in [-0.15, -0.1) is 10.2 Å². The zero-order valence-corrected chi connectivity index (χ0v) is 19.3. The van der Waals surface area contributed by atoms with Gasteiger partial charge in [0.15, 0.2) is 4.34 Å². The van der Waals surface area contributed by atoms with Gasteiger partial charge in [0.1, 0.15) is 5.75 Å². The normalized spacial score (nSPS) is 18.7. The van der Waals surface area contributed by atoms with Gasteiger partial charge in [0.2, 0.25) is 22.9 Å². The summed E-state index contributed by atoms with van der Waals surface area (Å²) in [7, 11) is 1.57. The van der Waals surface area contributed by atoms with E-state index in [1.807, 2.05) is 12.1 Å². The standard InChI is InChI=1S/C21H25N5O4S2/c1-30-16-8-4-7-15(10-16)26-11-13(9-18(26)28)19(29)23-20-24-25-21(32-20)31-12-17(27)22-14-5-2-3-6-14/h4,7-8,10,13-14H,2-3,5-6,9,11-12H2,1H3,(H,22,27)(H,23,24,29)/t13-/m1/s1. The minimum Gasteiger partial charge on any atom is -0.497 e. The number of nitrogens with zero attached hydrogens (tertiary/aromatic N) is 3. The SMILES string of the molecule is COc1cccc(N2C[C@H](C(=O)Nc3nnc(SCC(=O)NC4CCCC4)s3)CC2=O)c1. The summed E-state index contributed by atoms with van der Waals surface area (Å²) in [5.41, 5.74) is 0.704. The van der Waals surface area contributed by atoms with E-state index in [1.165, 1.54) is 35.9 Å². The lowest BCUT2D eigenvalue weighted by Crippen LogP contribution is -2.33. The van der Waals surface area contributed by atoms with Gasteiger partial charge < -0.3 is 20.3 Å². The van der Waals surface area contributed by atoms with Crippen molar-refractivity contribution in [3.63, 3.8) is 0 Å². The number of carbonyl (C=O) groups is 3. The quantitative estimate of drug-likeness (QED) is 0.446. The molecular weight excluding hydrogens is 450 g/mol. The summed E-state index contributed by atoms with van der Waals surface area (Å²) >= 11 is 2.52. The van der Waals surface area contributed by atoms with Gasteiger partial charge in [0.25, 0.3) is 0 Å². The van der Waals surface area contributed by atoms with Crippen molar-refractivity contribution in [1.29, 1.82) is 0 Å². The van der Waals surface area contributed by atoms with E-state index in [0.717, 1.165) is 12.8 Å². The van der Waals surface area contributed by atoms with Crippen molar-refractivity contribution in [1.82, 2.24) is 15.5 Å². The zero-order valence-electron chi connectivity index (χ0n) is 17.7. The molecule has 0 spiro atoms. The van der Waals surface area contributed by atoms with Gasteiger partial charge in [0, 0.05) is 30.8 Å². The summed E-state index contributed by atoms with van der Waals surface area (Å²) in [5, 5.41) is 14.2. The van der Waals surface area contributed by atoms with E-state index in [1.54, 1.807) is 24.1 Å². The van der Waals surface area contributed by atoms with Gasteiger partial charge in [-0.05, 0) is 25.0 Å². The summed E-state index contributed by atoms with van der Waals surface area (Å²) in [6, 6.07) is 7.49. The molecule has 2 aliphatic rings. The summed E-state index contributed by atoms with van der Waals surface area (Å²) in [4.78, 5) is 38.8. The second kappa shape index (κ2) is 10.3. The van der Waals surface area contributed by atoms with E-state index in [9.17, 15) is 14.4 Å². The van der Waals surface area contributed by atoms with Gasteiger partial charge >= 0.3 is 0 Å². The number of methoxy groups -OCH3 is 1. The van der Waals surface area contributed by atoms with Gasteiger partial charge in [-0.3, -0.25) is 14.4 Å². The van der Waals surface area contributed by atoms with E-state index >= 15 is 0 Å². The fourth-order valence-electron chi connectivity index (χ4n) is 3.90. The first-order valence-corrected chi connectivity index (χ1v) is 12.3. The number of rotatable bonds is 8. The number of benzene rings is 1. The topological polar surface area (TPSA) is 114 Å². The smallest absolute Gasteiger partial charge is 0.231 e. The Kier molecular flexibility index (Phi) is 7.26. The molecule has 1 atom stereocenters. The third-order valence-corrected chi connectivity index (χ3v) is 7.52. The number of amides is 3. The zero-order chi connectivity index (χ0) is 22.5. The first-order chi connectivity index (χ1) is 15.5. The van der Waals surface area contributed by atoms with E-state index in [-0.39, 0.29) is 35.9 Å². The maximum absolute atomic E-state index is 12.7. The van der Waals surface area contributed by atoms with E-state index in [2.05, 4.69) is 20.8 Å². The van der Waals surface area contributed by atoms with Crippen LogP contribution in [-0.2, 0) is 14.4 Å². The van der Waals surface area contributed by atoms with Crippen molar-refractivity contribution < 1.29 is 19.1 Å². The van der Waals surface area contributed by atoms with Crippen LogP contribution in [0.3, 0.4) is 0 Å². The Hall–Kier alpha value is -2.66. The number of ether oxygens (including phenoxy) is 1. The molecule has 1 saturated carbocycles. The first-order valence-electron chi connectivity index (χ1n) is 10.5. The number of anilines is 2. The molecule has 32 heavy (non-hydrogen) atoms. The fraction of sp³-hybridized carbons (Fsp3) is 0.476. The molecule has 0 radical (unpaired) electrons. The molecule has 1 aliphatic heterocycles. The molecule has 1 aliphatic carbocycles. The summed E-state index contributed by atoms with van der Waals surface area (Å²) in [6.07, 6.45) is 4.56. The lowest BCUT2D eigenvalue weighted by Gasteiger charge is -2.17. The molecule has 0 bridgehead atoms. The Morgan fingerprint density at radius 3 is 2.88 bits per heavy atom. The van der Waals surface area contributed by atoms with Crippen LogP contribution in [0.5, 0.6) is 5.75 Å². The average Bonchev–Trinajstić information content (AvgIpc) is 3.54. The second-order valence-electron chi connectivity index (χ2n) is 7.81. The largest absolute Gasteiger partial charge is 0.497 e. The average molecular weight is 476 g/mol. The number of hydrogen-bond donors (Lipinski definition) is 2. The van der Waals surface area contributed by atoms with Crippen molar-refractivity contribution in [2.45, 2.75) is 42.5 Å². The lowest BCUT2D eigenvalue weighted by atomic mass is 10.1. The third-order valence-electron chi connectivity index (χ3n) is 5.54. The molecule has 9 nitrogen and oxygen atoms in total. The molecular formula is C21H25N5O4S2. The van der Waals surface area contributed by atoms with Gasteiger partial charge in [0.05, 0.1) is 18.8 Å². The molecule has 4 rings (SSSR count). The molecule has 1 saturated heterocycles. The predicted octanol–water partition coefficient (Wildman–Crippen LogP) is 2.69. The van der Waals surface area contributed by atoms with Crippen LogP contribution in [0.25, 0.3) is 0 Å². The van der Waals surface area contributed by atoms with Gasteiger partial charge in [-0.25, -0.2) is 0 Å². The molecule has 2 fully saturated rings. The second-order valence-corrected chi connectivity index (χ2v) is 10.0. The molecule has 0 unspecified atom stereocenters. The van der Waals surface area contributed by atoms with Crippen LogP contribution in [0.15, 0.2) is 28.6 Å². The summed E-state index contributed by atoms with van der Waals surface area (Å²) in [5.74, 6) is 0.0522. The molecule has 11 heteroatoms. The van der Waals surface area contributed by atoms with Gasteiger partial charge in [-0.2, -0.15) is 0 Å². The highest BCUT2D eigenvalue weighted by Crippen LogP contribution is 2.30.